The number of fused-ring (bicyclic) bond motifs is 2. The molecule has 1 heterocycles. The second-order valence-corrected chi connectivity index (χ2v) is 4.93. The third-order valence-electron chi connectivity index (χ3n) is 3.51. The summed E-state index contributed by atoms with van der Waals surface area (Å²) in [6, 6.07) is 17.1. The smallest absolute Gasteiger partial charge is 0.0430 e. The molecule has 0 spiro atoms. The van der Waals surface area contributed by atoms with Crippen LogP contribution in [0.2, 0.25) is 0 Å². The van der Waals surface area contributed by atoms with Gasteiger partial charge in [-0.25, -0.2) is 0 Å². The normalized spacial score (nSPS) is 15.6. The number of anilines is 2. The summed E-state index contributed by atoms with van der Waals surface area (Å²) in [4.78, 5) is 2.38. The van der Waals surface area contributed by atoms with Crippen molar-refractivity contribution in [2.75, 3.05) is 18.9 Å². The number of rotatable bonds is 0. The molecule has 0 aliphatic carbocycles. The molecule has 18 heavy (non-hydrogen) atoms. The second kappa shape index (κ2) is 4.83. The van der Waals surface area contributed by atoms with Crippen LogP contribution < -0.4 is 5.32 Å². The van der Waals surface area contributed by atoms with E-state index in [1.807, 2.05) is 0 Å². The van der Waals surface area contributed by atoms with Crippen LogP contribution >= 0.6 is 0 Å². The van der Waals surface area contributed by atoms with Gasteiger partial charge in [-0.15, -0.1) is 0 Å². The van der Waals surface area contributed by atoms with Gasteiger partial charge in [0.15, 0.2) is 0 Å². The Morgan fingerprint density at radius 3 is 2.28 bits per heavy atom. The molecule has 2 aromatic rings. The third kappa shape index (κ3) is 2.24. The first-order chi connectivity index (χ1) is 8.83. The summed E-state index contributed by atoms with van der Waals surface area (Å²) in [7, 11) is 2.19. The van der Waals surface area contributed by atoms with Crippen LogP contribution in [0.15, 0.2) is 48.5 Å². The quantitative estimate of drug-likeness (QED) is 0.756. The molecule has 0 saturated carbocycles. The van der Waals surface area contributed by atoms with Gasteiger partial charge in [-0.05, 0) is 36.7 Å². The zero-order chi connectivity index (χ0) is 12.4. The highest BCUT2D eigenvalue weighted by Crippen LogP contribution is 2.26. The SMILES string of the molecule is CN1CCc2ccccc2Nc2ccccc2C1. The van der Waals surface area contributed by atoms with E-state index < -0.39 is 0 Å². The molecule has 0 bridgehead atoms. The van der Waals surface area contributed by atoms with Crippen LogP contribution in [0.25, 0.3) is 0 Å². The van der Waals surface area contributed by atoms with E-state index in [0.717, 1.165) is 19.5 Å². The van der Waals surface area contributed by atoms with Crippen LogP contribution in [0.1, 0.15) is 11.1 Å². The summed E-state index contributed by atoms with van der Waals surface area (Å²) in [5, 5.41) is 3.58. The Morgan fingerprint density at radius 1 is 0.889 bits per heavy atom. The lowest BCUT2D eigenvalue weighted by Gasteiger charge is -2.16. The van der Waals surface area contributed by atoms with E-state index in [4.69, 9.17) is 0 Å². The number of hydrogen-bond acceptors (Lipinski definition) is 2. The molecule has 2 heteroatoms. The predicted octanol–water partition coefficient (Wildman–Crippen LogP) is 3.42. The van der Waals surface area contributed by atoms with Gasteiger partial charge in [-0.1, -0.05) is 36.4 Å². The molecule has 2 nitrogen and oxygen atoms in total. The topological polar surface area (TPSA) is 15.3 Å². The van der Waals surface area contributed by atoms with Crippen molar-refractivity contribution in [2.24, 2.45) is 0 Å². The summed E-state index contributed by atoms with van der Waals surface area (Å²) < 4.78 is 0. The number of likely N-dealkylation sites (N-methyl/N-ethyl adjacent to an activating group) is 1. The lowest BCUT2D eigenvalue weighted by Crippen LogP contribution is -2.20. The largest absolute Gasteiger partial charge is 0.355 e. The van der Waals surface area contributed by atoms with Crippen molar-refractivity contribution >= 4 is 11.4 Å². The highest BCUT2D eigenvalue weighted by atomic mass is 15.1. The molecular weight excluding hydrogens is 220 g/mol. The number of para-hydroxylation sites is 2. The van der Waals surface area contributed by atoms with Crippen molar-refractivity contribution in [3.8, 4) is 0 Å². The second-order valence-electron chi connectivity index (χ2n) is 4.93. The maximum atomic E-state index is 3.58. The van der Waals surface area contributed by atoms with Gasteiger partial charge in [-0.2, -0.15) is 0 Å². The van der Waals surface area contributed by atoms with E-state index in [9.17, 15) is 0 Å². The molecule has 1 aliphatic rings. The molecule has 1 N–H and O–H groups in total. The van der Waals surface area contributed by atoms with Gasteiger partial charge in [0, 0.05) is 24.5 Å². The first-order valence-corrected chi connectivity index (χ1v) is 6.44. The first kappa shape index (κ1) is 11.3. The van der Waals surface area contributed by atoms with Crippen molar-refractivity contribution in [3.63, 3.8) is 0 Å². The van der Waals surface area contributed by atoms with Crippen LogP contribution in [0.4, 0.5) is 11.4 Å². The van der Waals surface area contributed by atoms with E-state index in [-0.39, 0.29) is 0 Å². The summed E-state index contributed by atoms with van der Waals surface area (Å²) >= 11 is 0. The molecule has 0 fully saturated rings. The monoisotopic (exact) mass is 238 g/mol. The zero-order valence-electron chi connectivity index (χ0n) is 10.7. The van der Waals surface area contributed by atoms with E-state index in [1.165, 1.54) is 22.5 Å². The molecule has 0 atom stereocenters. The minimum Gasteiger partial charge on any atom is -0.355 e. The fraction of sp³-hybridized carbons (Fsp3) is 0.250. The average molecular weight is 238 g/mol. The van der Waals surface area contributed by atoms with Gasteiger partial charge < -0.3 is 10.2 Å². The lowest BCUT2D eigenvalue weighted by atomic mass is 10.1. The first-order valence-electron chi connectivity index (χ1n) is 6.44. The molecule has 0 radical (unpaired) electrons. The average Bonchev–Trinajstić information content (AvgIpc) is 2.46. The van der Waals surface area contributed by atoms with Crippen molar-refractivity contribution in [3.05, 3.63) is 59.7 Å². The molecule has 3 rings (SSSR count). The number of nitrogens with one attached hydrogen (secondary N) is 1. The Bertz CT molecular complexity index is 548. The fourth-order valence-electron chi connectivity index (χ4n) is 2.47. The van der Waals surface area contributed by atoms with Gasteiger partial charge in [-0.3, -0.25) is 0 Å². The minimum absolute atomic E-state index is 0.997. The molecular formula is C16H18N2. The zero-order valence-corrected chi connectivity index (χ0v) is 10.7. The van der Waals surface area contributed by atoms with Crippen molar-refractivity contribution in [1.29, 1.82) is 0 Å². The van der Waals surface area contributed by atoms with Gasteiger partial charge >= 0.3 is 0 Å². The Kier molecular flexibility index (Phi) is 3.03. The molecule has 1 aliphatic heterocycles. The van der Waals surface area contributed by atoms with Crippen molar-refractivity contribution < 1.29 is 0 Å². The number of hydrogen-bond donors (Lipinski definition) is 1. The molecule has 92 valence electrons. The molecule has 0 unspecified atom stereocenters. The van der Waals surface area contributed by atoms with Gasteiger partial charge in [0.1, 0.15) is 0 Å². The van der Waals surface area contributed by atoms with E-state index >= 15 is 0 Å². The van der Waals surface area contributed by atoms with Gasteiger partial charge in [0.25, 0.3) is 0 Å². The molecule has 0 saturated heterocycles. The summed E-state index contributed by atoms with van der Waals surface area (Å²) in [6.45, 7) is 2.09. The molecule has 0 amide bonds. The van der Waals surface area contributed by atoms with Crippen LogP contribution in [0.3, 0.4) is 0 Å². The molecule has 0 aromatic heterocycles. The van der Waals surface area contributed by atoms with Crippen LogP contribution in [-0.4, -0.2) is 18.5 Å². The van der Waals surface area contributed by atoms with Crippen LogP contribution in [0, 0.1) is 0 Å². The molecule has 2 aromatic carbocycles. The van der Waals surface area contributed by atoms with Crippen LogP contribution in [-0.2, 0) is 13.0 Å². The van der Waals surface area contributed by atoms with Gasteiger partial charge in [0.2, 0.25) is 0 Å². The predicted molar refractivity (Wildman–Crippen MR) is 76.2 cm³/mol. The van der Waals surface area contributed by atoms with E-state index in [0.29, 0.717) is 0 Å². The minimum atomic E-state index is 0.997. The maximum Gasteiger partial charge on any atom is 0.0430 e. The van der Waals surface area contributed by atoms with Crippen molar-refractivity contribution in [2.45, 2.75) is 13.0 Å². The lowest BCUT2D eigenvalue weighted by molar-refractivity contribution is 0.332. The van der Waals surface area contributed by atoms with Crippen LogP contribution in [0.5, 0.6) is 0 Å². The Labute approximate surface area is 108 Å². The number of nitrogens with zero attached hydrogens (tertiary/aromatic N) is 1. The summed E-state index contributed by atoms with van der Waals surface area (Å²) in [5.41, 5.74) is 5.21. The van der Waals surface area contributed by atoms with Gasteiger partial charge in [0.05, 0.1) is 0 Å². The van der Waals surface area contributed by atoms with E-state index in [1.54, 1.807) is 0 Å². The van der Waals surface area contributed by atoms with E-state index in [2.05, 4.69) is 65.8 Å². The number of benzene rings is 2. The highest BCUT2D eigenvalue weighted by molar-refractivity contribution is 5.66. The van der Waals surface area contributed by atoms with Crippen molar-refractivity contribution in [1.82, 2.24) is 4.90 Å². The summed E-state index contributed by atoms with van der Waals surface area (Å²) in [6.07, 6.45) is 1.09. The maximum absolute atomic E-state index is 3.58. The standard InChI is InChI=1S/C16H18N2/c1-18-11-10-13-6-2-4-8-15(13)17-16-9-5-3-7-14(16)12-18/h2-9,17H,10-12H2,1H3. The fourth-order valence-corrected chi connectivity index (χ4v) is 2.47. The Balaban J connectivity index is 2.06. The highest BCUT2D eigenvalue weighted by Gasteiger charge is 2.11. The Morgan fingerprint density at radius 2 is 1.50 bits per heavy atom. The summed E-state index contributed by atoms with van der Waals surface area (Å²) in [5.74, 6) is 0. The third-order valence-corrected chi connectivity index (χ3v) is 3.51. The Hall–Kier alpha value is -1.80.